The van der Waals surface area contributed by atoms with E-state index in [0.717, 1.165) is 22.3 Å². The van der Waals surface area contributed by atoms with Crippen LogP contribution in [0.5, 0.6) is 11.5 Å². The van der Waals surface area contributed by atoms with Gasteiger partial charge in [-0.3, -0.25) is 39.2 Å². The number of non-ortho nitro benzene ring substituents is 1. The maximum atomic E-state index is 13.2. The number of carbonyl (C=O) groups excluding carboxylic acids is 1. The van der Waals surface area contributed by atoms with Crippen LogP contribution < -0.4 is 9.84 Å². The Morgan fingerprint density at radius 3 is 2.03 bits per heavy atom. The molecule has 1 saturated heterocycles. The molecule has 0 bridgehead atoms. The van der Waals surface area contributed by atoms with Crippen molar-refractivity contribution in [2.75, 3.05) is 72.1 Å². The highest BCUT2D eigenvalue weighted by atomic mass is 31.2. The normalized spacial score (nSPS) is 16.4. The minimum absolute atomic E-state index is 0.0160. The molecule has 1 amide bonds. The SMILES string of the molecule is CCN1CCN(Cc2cc([N+](=O)[O-])ccc2O)CCN(CC(=O)NC(CC(=O)O)C(=O)O)CCN(C(CCCOP(O)Oc2cc(C)c(-c3c(C)cc(C)cc3C)cc2C)C(=O)O)CC1. The Morgan fingerprint density at radius 2 is 1.43 bits per heavy atom. The number of nitro groups is 1. The molecular weight excluding hydrogens is 863 g/mol. The quantitative estimate of drug-likeness (QED) is 0.0383. The number of aromatic hydroxyl groups is 1. The third kappa shape index (κ3) is 16.0. The van der Waals surface area contributed by atoms with Crippen molar-refractivity contribution in [3.63, 3.8) is 0 Å². The molecule has 3 atom stereocenters. The van der Waals surface area contributed by atoms with Crippen LogP contribution >= 0.6 is 8.60 Å². The van der Waals surface area contributed by atoms with Gasteiger partial charge in [0.15, 0.2) is 0 Å². The highest BCUT2D eigenvalue weighted by molar-refractivity contribution is 7.41. The topological polar surface area (TPSA) is 256 Å². The van der Waals surface area contributed by atoms with E-state index in [1.54, 1.807) is 4.90 Å². The van der Waals surface area contributed by atoms with Crippen molar-refractivity contribution in [1.29, 1.82) is 0 Å². The molecule has 1 aliphatic rings. The first-order valence-electron chi connectivity index (χ1n) is 21.6. The van der Waals surface area contributed by atoms with E-state index in [1.807, 2.05) is 42.7 Å². The van der Waals surface area contributed by atoms with Gasteiger partial charge in [-0.2, -0.15) is 0 Å². The monoisotopic (exact) mass is 926 g/mol. The second-order valence-corrected chi connectivity index (χ2v) is 17.4. The average Bonchev–Trinajstić information content (AvgIpc) is 3.21. The molecule has 20 heteroatoms. The van der Waals surface area contributed by atoms with Gasteiger partial charge in [0.2, 0.25) is 5.91 Å². The lowest BCUT2D eigenvalue weighted by molar-refractivity contribution is -0.385. The molecule has 3 unspecified atom stereocenters. The molecule has 0 spiro atoms. The van der Waals surface area contributed by atoms with Gasteiger partial charge >= 0.3 is 26.5 Å². The number of nitrogens with one attached hydrogen (secondary N) is 1. The van der Waals surface area contributed by atoms with E-state index in [4.69, 9.17) is 9.05 Å². The highest BCUT2D eigenvalue weighted by Crippen LogP contribution is 2.40. The summed E-state index contributed by atoms with van der Waals surface area (Å²) < 4.78 is 11.5. The number of aliphatic carboxylic acids is 3. The second-order valence-electron chi connectivity index (χ2n) is 16.5. The summed E-state index contributed by atoms with van der Waals surface area (Å²) in [5.74, 6) is -4.38. The zero-order valence-corrected chi connectivity index (χ0v) is 38.9. The predicted molar refractivity (Wildman–Crippen MR) is 244 cm³/mol. The van der Waals surface area contributed by atoms with E-state index < -0.39 is 55.8 Å². The molecule has 19 nitrogen and oxygen atoms in total. The summed E-state index contributed by atoms with van der Waals surface area (Å²) in [6.07, 6.45) is -0.413. The fraction of sp³-hybridized carbons (Fsp3) is 0.511. The number of hydrogen-bond acceptors (Lipinski definition) is 14. The number of amides is 1. The molecule has 0 aliphatic carbocycles. The van der Waals surface area contributed by atoms with Gasteiger partial charge in [-0.1, -0.05) is 24.6 Å². The Hall–Kier alpha value is -5.27. The Balaban J connectivity index is 1.47. The number of rotatable bonds is 20. The van der Waals surface area contributed by atoms with Gasteiger partial charge < -0.3 is 44.6 Å². The van der Waals surface area contributed by atoms with Gasteiger partial charge in [0.05, 0.1) is 24.5 Å². The molecule has 3 aromatic rings. The minimum atomic E-state index is -2.34. The van der Waals surface area contributed by atoms with E-state index in [1.165, 1.54) is 34.9 Å². The molecule has 6 N–H and O–H groups in total. The van der Waals surface area contributed by atoms with Crippen LogP contribution in [0, 0.1) is 44.7 Å². The summed E-state index contributed by atoms with van der Waals surface area (Å²) >= 11 is 0. The third-order valence-corrected chi connectivity index (χ3v) is 12.3. The Kier molecular flexibility index (Phi) is 20.0. The van der Waals surface area contributed by atoms with Crippen LogP contribution in [0.4, 0.5) is 5.69 Å². The van der Waals surface area contributed by atoms with E-state index in [2.05, 4.69) is 43.1 Å². The average molecular weight is 927 g/mol. The van der Waals surface area contributed by atoms with E-state index in [-0.39, 0.29) is 63.6 Å². The highest BCUT2D eigenvalue weighted by Gasteiger charge is 2.29. The number of phenols is 1. The number of carboxylic acids is 3. The summed E-state index contributed by atoms with van der Waals surface area (Å²) in [6, 6.07) is 9.34. The summed E-state index contributed by atoms with van der Waals surface area (Å²) in [5.41, 5.74) is 7.69. The Labute approximate surface area is 380 Å². The standard InChI is InChI=1S/C45H63N6O13P/c1-7-47-12-13-48(27-34-25-35(51(60)61)10-11-39(34)52)14-15-49(28-41(53)46-37(44(56)57)26-42(54)55)17-19-50(18-16-47)38(45(58)59)9-8-20-63-65(62)64-40-24-30(3)36(23-31(40)4)43-32(5)21-29(2)22-33(43)6/h10-11,21-25,37-38,52,62H,7-9,12-20,26-28H2,1-6H3,(H,46,53)(H,54,55)(H,56,57)(H,58,59). The Bertz CT molecular complexity index is 2140. The zero-order valence-electron chi connectivity index (χ0n) is 38.0. The van der Waals surface area contributed by atoms with Crippen molar-refractivity contribution in [3.05, 3.63) is 86.0 Å². The lowest BCUT2D eigenvalue weighted by Crippen LogP contribution is -2.52. The molecule has 1 heterocycles. The maximum absolute atomic E-state index is 13.2. The number of nitrogens with zero attached hydrogens (tertiary/aromatic N) is 5. The number of hydrogen-bond donors (Lipinski definition) is 6. The summed E-state index contributed by atoms with van der Waals surface area (Å²) in [4.78, 5) is 78.5. The first-order valence-corrected chi connectivity index (χ1v) is 22.7. The summed E-state index contributed by atoms with van der Waals surface area (Å²) in [5, 5.41) is 53.6. The van der Waals surface area contributed by atoms with E-state index >= 15 is 0 Å². The molecule has 1 aliphatic heterocycles. The van der Waals surface area contributed by atoms with Crippen LogP contribution in [-0.2, 0) is 30.2 Å². The van der Waals surface area contributed by atoms with Crippen LogP contribution in [0.25, 0.3) is 11.1 Å². The predicted octanol–water partition coefficient (Wildman–Crippen LogP) is 4.84. The van der Waals surface area contributed by atoms with E-state index in [9.17, 15) is 54.6 Å². The lowest BCUT2D eigenvalue weighted by atomic mass is 9.90. The van der Waals surface area contributed by atoms with Crippen LogP contribution in [0.15, 0.2) is 42.5 Å². The van der Waals surface area contributed by atoms with Crippen LogP contribution in [0.2, 0.25) is 0 Å². The minimum Gasteiger partial charge on any atom is -0.508 e. The number of nitro benzene ring substituents is 1. The number of likely N-dealkylation sites (N-methyl/N-ethyl adjacent to an activating group) is 1. The lowest BCUT2D eigenvalue weighted by Gasteiger charge is -2.36. The van der Waals surface area contributed by atoms with Crippen molar-refractivity contribution in [2.45, 2.75) is 79.4 Å². The molecule has 65 heavy (non-hydrogen) atoms. The summed E-state index contributed by atoms with van der Waals surface area (Å²) in [6.45, 7) is 15.1. The number of aryl methyl sites for hydroxylation is 5. The van der Waals surface area contributed by atoms with E-state index in [0.29, 0.717) is 50.6 Å². The first-order chi connectivity index (χ1) is 30.8. The second kappa shape index (κ2) is 24.9. The first kappa shape index (κ1) is 52.4. The Morgan fingerprint density at radius 1 is 0.815 bits per heavy atom. The molecular formula is C45H63N6O13P. The molecule has 4 rings (SSSR count). The van der Waals surface area contributed by atoms with Crippen molar-refractivity contribution in [2.24, 2.45) is 0 Å². The molecule has 1 fully saturated rings. The zero-order chi connectivity index (χ0) is 48.0. The van der Waals surface area contributed by atoms with Gasteiger partial charge in [0.25, 0.3) is 5.69 Å². The molecule has 0 saturated carbocycles. The van der Waals surface area contributed by atoms with Crippen molar-refractivity contribution in [3.8, 4) is 22.6 Å². The van der Waals surface area contributed by atoms with Crippen LogP contribution in [-0.4, -0.2) is 158 Å². The van der Waals surface area contributed by atoms with Gasteiger partial charge in [0.1, 0.15) is 23.6 Å². The largest absolute Gasteiger partial charge is 0.508 e. The van der Waals surface area contributed by atoms with Gasteiger partial charge in [-0.25, -0.2) is 4.79 Å². The number of benzene rings is 3. The van der Waals surface area contributed by atoms with Gasteiger partial charge in [-0.15, -0.1) is 0 Å². The molecule has 3 aromatic carbocycles. The number of carboxylic acid groups (broad SMARTS) is 3. The number of carbonyl (C=O) groups is 4. The summed E-state index contributed by atoms with van der Waals surface area (Å²) in [7, 11) is -2.34. The molecule has 0 radical (unpaired) electrons. The van der Waals surface area contributed by atoms with Gasteiger partial charge in [0, 0.05) is 76.6 Å². The number of phenolic OH excluding ortho intramolecular Hbond substituents is 1. The van der Waals surface area contributed by atoms with Crippen molar-refractivity contribution < 1.29 is 58.5 Å². The van der Waals surface area contributed by atoms with Crippen molar-refractivity contribution in [1.82, 2.24) is 24.9 Å². The maximum Gasteiger partial charge on any atom is 0.394 e. The smallest absolute Gasteiger partial charge is 0.394 e. The fourth-order valence-electron chi connectivity index (χ4n) is 8.12. The molecule has 356 valence electrons. The van der Waals surface area contributed by atoms with Crippen LogP contribution in [0.1, 0.15) is 59.6 Å². The third-order valence-electron chi connectivity index (χ3n) is 11.6. The molecule has 0 aromatic heterocycles. The fourth-order valence-corrected chi connectivity index (χ4v) is 8.82. The van der Waals surface area contributed by atoms with Crippen molar-refractivity contribution >= 4 is 38.1 Å². The van der Waals surface area contributed by atoms with Gasteiger partial charge in [-0.05, 0) is 106 Å². The van der Waals surface area contributed by atoms with Crippen LogP contribution in [0.3, 0.4) is 0 Å².